The van der Waals surface area contributed by atoms with Crippen molar-refractivity contribution in [3.05, 3.63) is 35.9 Å². The molecule has 1 atom stereocenters. The van der Waals surface area contributed by atoms with Crippen LogP contribution in [0.1, 0.15) is 31.2 Å². The summed E-state index contributed by atoms with van der Waals surface area (Å²) in [6.45, 7) is 6.09. The molecule has 1 heterocycles. The van der Waals surface area contributed by atoms with Crippen molar-refractivity contribution < 1.29 is 5.11 Å². The van der Waals surface area contributed by atoms with Crippen molar-refractivity contribution >= 4 is 0 Å². The van der Waals surface area contributed by atoms with Crippen LogP contribution in [0.3, 0.4) is 0 Å². The van der Waals surface area contributed by atoms with E-state index >= 15 is 0 Å². The predicted molar refractivity (Wildman–Crippen MR) is 71.1 cm³/mol. The smallest absolute Gasteiger partial charge is 0.0460 e. The van der Waals surface area contributed by atoms with E-state index in [1.54, 1.807) is 0 Å². The van der Waals surface area contributed by atoms with Crippen LogP contribution in [0.4, 0.5) is 0 Å². The van der Waals surface area contributed by atoms with Gasteiger partial charge in [-0.3, -0.25) is 0 Å². The summed E-state index contributed by atoms with van der Waals surface area (Å²) >= 11 is 0. The molecule has 1 aliphatic rings. The minimum absolute atomic E-state index is 0.363. The molecule has 1 saturated heterocycles. The quantitative estimate of drug-likeness (QED) is 0.863. The lowest BCUT2D eigenvalue weighted by atomic mass is 9.95. The van der Waals surface area contributed by atoms with E-state index in [-0.39, 0.29) is 0 Å². The van der Waals surface area contributed by atoms with Crippen LogP contribution in [0.2, 0.25) is 0 Å². The van der Waals surface area contributed by atoms with Crippen LogP contribution in [0.25, 0.3) is 0 Å². The number of aliphatic hydroxyl groups is 1. The monoisotopic (exact) mass is 233 g/mol. The Balaban J connectivity index is 1.82. The topological polar surface area (TPSA) is 23.5 Å². The molecule has 1 fully saturated rings. The molecule has 2 rings (SSSR count). The van der Waals surface area contributed by atoms with Gasteiger partial charge in [0, 0.05) is 13.2 Å². The fourth-order valence-corrected chi connectivity index (χ4v) is 2.63. The van der Waals surface area contributed by atoms with Crippen LogP contribution >= 0.6 is 0 Å². The number of hydrogen-bond donors (Lipinski definition) is 1. The maximum absolute atomic E-state index is 9.12. The van der Waals surface area contributed by atoms with Gasteiger partial charge in [0.1, 0.15) is 0 Å². The van der Waals surface area contributed by atoms with Crippen molar-refractivity contribution in [2.24, 2.45) is 5.92 Å². The second kappa shape index (κ2) is 6.18. The van der Waals surface area contributed by atoms with E-state index in [4.69, 9.17) is 5.11 Å². The molecule has 0 bridgehead atoms. The van der Waals surface area contributed by atoms with Crippen molar-refractivity contribution in [3.8, 4) is 0 Å². The Morgan fingerprint density at radius 1 is 1.24 bits per heavy atom. The molecule has 94 valence electrons. The summed E-state index contributed by atoms with van der Waals surface area (Å²) in [7, 11) is 0. The van der Waals surface area contributed by atoms with Crippen LogP contribution in [0.5, 0.6) is 0 Å². The number of rotatable bonds is 4. The molecular formula is C15H23NO. The number of piperidine rings is 1. The zero-order chi connectivity index (χ0) is 12.1. The van der Waals surface area contributed by atoms with Gasteiger partial charge in [-0.15, -0.1) is 0 Å². The molecule has 1 aliphatic heterocycles. The van der Waals surface area contributed by atoms with Crippen molar-refractivity contribution in [2.75, 3.05) is 26.2 Å². The SMILES string of the molecule is C[C@@H](CN1CCC(CO)CC1)c1ccccc1. The van der Waals surface area contributed by atoms with Gasteiger partial charge in [-0.25, -0.2) is 0 Å². The molecule has 0 saturated carbocycles. The molecule has 0 unspecified atom stereocenters. The van der Waals surface area contributed by atoms with Crippen LogP contribution in [0, 0.1) is 5.92 Å². The van der Waals surface area contributed by atoms with Gasteiger partial charge in [-0.2, -0.15) is 0 Å². The Hall–Kier alpha value is -0.860. The molecule has 2 nitrogen and oxygen atoms in total. The van der Waals surface area contributed by atoms with Gasteiger partial charge < -0.3 is 10.0 Å². The number of hydrogen-bond acceptors (Lipinski definition) is 2. The third-order valence-electron chi connectivity index (χ3n) is 3.87. The highest BCUT2D eigenvalue weighted by molar-refractivity contribution is 5.19. The Morgan fingerprint density at radius 3 is 2.47 bits per heavy atom. The first-order valence-corrected chi connectivity index (χ1v) is 6.67. The Bertz CT molecular complexity index is 317. The van der Waals surface area contributed by atoms with Crippen molar-refractivity contribution in [1.82, 2.24) is 4.90 Å². The summed E-state index contributed by atoms with van der Waals surface area (Å²) in [6.07, 6.45) is 2.30. The van der Waals surface area contributed by atoms with Crippen molar-refractivity contribution in [3.63, 3.8) is 0 Å². The van der Waals surface area contributed by atoms with E-state index in [1.807, 2.05) is 0 Å². The number of aliphatic hydroxyl groups excluding tert-OH is 1. The van der Waals surface area contributed by atoms with Gasteiger partial charge in [-0.1, -0.05) is 37.3 Å². The lowest BCUT2D eigenvalue weighted by molar-refractivity contribution is 0.128. The largest absolute Gasteiger partial charge is 0.396 e. The molecule has 1 N–H and O–H groups in total. The third kappa shape index (κ3) is 3.55. The highest BCUT2D eigenvalue weighted by atomic mass is 16.3. The summed E-state index contributed by atoms with van der Waals surface area (Å²) in [5.41, 5.74) is 1.43. The molecule has 17 heavy (non-hydrogen) atoms. The maximum Gasteiger partial charge on any atom is 0.0460 e. The van der Waals surface area contributed by atoms with Crippen LogP contribution < -0.4 is 0 Å². The van der Waals surface area contributed by atoms with Gasteiger partial charge in [0.15, 0.2) is 0 Å². The van der Waals surface area contributed by atoms with E-state index in [1.165, 1.54) is 5.56 Å². The van der Waals surface area contributed by atoms with Crippen LogP contribution in [0.15, 0.2) is 30.3 Å². The first kappa shape index (κ1) is 12.6. The van der Waals surface area contributed by atoms with Gasteiger partial charge >= 0.3 is 0 Å². The van der Waals surface area contributed by atoms with E-state index in [9.17, 15) is 0 Å². The van der Waals surface area contributed by atoms with E-state index in [0.29, 0.717) is 18.4 Å². The molecule has 1 aromatic carbocycles. The van der Waals surface area contributed by atoms with Gasteiger partial charge in [0.05, 0.1) is 0 Å². The molecule has 0 amide bonds. The lowest BCUT2D eigenvalue weighted by Crippen LogP contribution is -2.36. The average molecular weight is 233 g/mol. The Morgan fingerprint density at radius 2 is 1.88 bits per heavy atom. The second-order valence-electron chi connectivity index (χ2n) is 5.24. The first-order chi connectivity index (χ1) is 8.29. The molecule has 2 heteroatoms. The van der Waals surface area contributed by atoms with Crippen molar-refractivity contribution in [1.29, 1.82) is 0 Å². The van der Waals surface area contributed by atoms with E-state index in [0.717, 1.165) is 32.5 Å². The Labute approximate surface area is 104 Å². The highest BCUT2D eigenvalue weighted by Crippen LogP contribution is 2.21. The highest BCUT2D eigenvalue weighted by Gasteiger charge is 2.19. The predicted octanol–water partition coefficient (Wildman–Crippen LogP) is 2.49. The zero-order valence-corrected chi connectivity index (χ0v) is 10.7. The normalized spacial score (nSPS) is 20.4. The first-order valence-electron chi connectivity index (χ1n) is 6.67. The summed E-state index contributed by atoms with van der Waals surface area (Å²) in [5, 5.41) is 9.12. The lowest BCUT2D eigenvalue weighted by Gasteiger charge is -2.32. The molecule has 1 aromatic rings. The van der Waals surface area contributed by atoms with Gasteiger partial charge in [0.2, 0.25) is 0 Å². The third-order valence-corrected chi connectivity index (χ3v) is 3.87. The molecule has 0 aliphatic carbocycles. The van der Waals surface area contributed by atoms with E-state index < -0.39 is 0 Å². The minimum atomic E-state index is 0.363. The molecule has 0 spiro atoms. The fourth-order valence-electron chi connectivity index (χ4n) is 2.63. The fraction of sp³-hybridized carbons (Fsp3) is 0.600. The summed E-state index contributed by atoms with van der Waals surface area (Å²) in [5.74, 6) is 1.14. The van der Waals surface area contributed by atoms with Gasteiger partial charge in [-0.05, 0) is 43.3 Å². The molecule has 0 aromatic heterocycles. The summed E-state index contributed by atoms with van der Waals surface area (Å²) in [4.78, 5) is 2.53. The van der Waals surface area contributed by atoms with Crippen LogP contribution in [-0.2, 0) is 0 Å². The molecule has 0 radical (unpaired) electrons. The summed E-state index contributed by atoms with van der Waals surface area (Å²) in [6, 6.07) is 10.7. The minimum Gasteiger partial charge on any atom is -0.396 e. The standard InChI is InChI=1S/C15H23NO/c1-13(15-5-3-2-4-6-15)11-16-9-7-14(12-17)8-10-16/h2-6,13-14,17H,7-12H2,1H3/t13-/m0/s1. The molecular weight excluding hydrogens is 210 g/mol. The second-order valence-corrected chi connectivity index (χ2v) is 5.24. The number of likely N-dealkylation sites (tertiary alicyclic amines) is 1. The van der Waals surface area contributed by atoms with Crippen LogP contribution in [-0.4, -0.2) is 36.2 Å². The average Bonchev–Trinajstić information content (AvgIpc) is 2.40. The number of nitrogens with zero attached hydrogens (tertiary/aromatic N) is 1. The summed E-state index contributed by atoms with van der Waals surface area (Å²) < 4.78 is 0. The van der Waals surface area contributed by atoms with Crippen molar-refractivity contribution in [2.45, 2.75) is 25.7 Å². The zero-order valence-electron chi connectivity index (χ0n) is 10.7. The number of benzene rings is 1. The van der Waals surface area contributed by atoms with Gasteiger partial charge in [0.25, 0.3) is 0 Å². The maximum atomic E-state index is 9.12. The Kier molecular flexibility index (Phi) is 4.57. The van der Waals surface area contributed by atoms with E-state index in [2.05, 4.69) is 42.2 Å².